The summed E-state index contributed by atoms with van der Waals surface area (Å²) in [6, 6.07) is 17.9. The molecule has 0 aromatic heterocycles. The van der Waals surface area contributed by atoms with Crippen molar-refractivity contribution < 1.29 is 0 Å². The van der Waals surface area contributed by atoms with Crippen molar-refractivity contribution in [2.75, 3.05) is 0 Å². The summed E-state index contributed by atoms with van der Waals surface area (Å²) in [7, 11) is 0. The topological polar surface area (TPSA) is 23.9 Å². The number of aryl methyl sites for hydroxylation is 2. The highest BCUT2D eigenvalue weighted by atomic mass is 14.5. The molecule has 4 rings (SSSR count). The minimum Gasteiger partial charge on any atom is -0.313 e. The molecule has 1 fully saturated rings. The molecule has 1 saturated carbocycles. The highest BCUT2D eigenvalue weighted by Crippen LogP contribution is 2.50. The van der Waals surface area contributed by atoms with Crippen LogP contribution in [0.15, 0.2) is 48.5 Å². The Morgan fingerprint density at radius 2 is 1.45 bits per heavy atom. The summed E-state index contributed by atoms with van der Waals surface area (Å²) < 4.78 is 0. The Morgan fingerprint density at radius 1 is 0.909 bits per heavy atom. The van der Waals surface area contributed by atoms with Gasteiger partial charge in [-0.05, 0) is 60.1 Å². The summed E-state index contributed by atoms with van der Waals surface area (Å²) in [6.07, 6.45) is 8.65. The Hall–Kier alpha value is -1.89. The fourth-order valence-electron chi connectivity index (χ4n) is 4.34. The van der Waals surface area contributed by atoms with Gasteiger partial charge in [-0.3, -0.25) is 0 Å². The van der Waals surface area contributed by atoms with Crippen LogP contribution in [0, 0.1) is 11.3 Å². The minimum atomic E-state index is 0.0204. The maximum absolute atomic E-state index is 7.86. The first kappa shape index (κ1) is 13.8. The van der Waals surface area contributed by atoms with E-state index in [-0.39, 0.29) is 5.41 Å². The molecular weight excluding hydrogens is 266 g/mol. The zero-order chi connectivity index (χ0) is 15.0. The van der Waals surface area contributed by atoms with E-state index < -0.39 is 0 Å². The van der Waals surface area contributed by atoms with Crippen molar-refractivity contribution in [1.29, 1.82) is 5.41 Å². The van der Waals surface area contributed by atoms with Crippen molar-refractivity contribution in [1.82, 2.24) is 0 Å². The molecule has 2 aromatic carbocycles. The molecule has 0 unspecified atom stereocenters. The lowest BCUT2D eigenvalue weighted by molar-refractivity contribution is 0.457. The third-order valence-electron chi connectivity index (χ3n) is 5.51. The number of nitrogens with one attached hydrogen (secondary N) is 1. The van der Waals surface area contributed by atoms with Crippen molar-refractivity contribution in [2.45, 2.75) is 43.9 Å². The Labute approximate surface area is 132 Å². The molecule has 2 aromatic rings. The van der Waals surface area contributed by atoms with Gasteiger partial charge in [0.1, 0.15) is 0 Å². The smallest absolute Gasteiger partial charge is 0.0260 e. The van der Waals surface area contributed by atoms with Crippen molar-refractivity contribution in [2.24, 2.45) is 5.92 Å². The summed E-state index contributed by atoms with van der Waals surface area (Å²) >= 11 is 0. The van der Waals surface area contributed by atoms with E-state index in [2.05, 4.69) is 48.5 Å². The van der Waals surface area contributed by atoms with Crippen molar-refractivity contribution in [3.8, 4) is 0 Å². The molecule has 1 N–H and O–H groups in total. The Balaban J connectivity index is 1.97. The lowest BCUT2D eigenvalue weighted by Gasteiger charge is -2.36. The van der Waals surface area contributed by atoms with Crippen molar-refractivity contribution >= 4 is 6.21 Å². The molecule has 0 spiro atoms. The first-order chi connectivity index (χ1) is 10.8. The van der Waals surface area contributed by atoms with Crippen LogP contribution in [0.2, 0.25) is 0 Å². The van der Waals surface area contributed by atoms with Gasteiger partial charge >= 0.3 is 0 Å². The molecule has 112 valence electrons. The standard InChI is InChI=1S/C21H23N/c22-14-13-21(15-16-9-10-16)19-7-3-1-5-17(19)11-12-18-6-2-4-8-20(18)21/h1-8,14,16,22H,9-13,15H2. The SMILES string of the molecule is N=CCC1(CC2CC2)c2ccccc2CCc2ccccc21. The zero-order valence-corrected chi connectivity index (χ0v) is 13.0. The van der Waals surface area contributed by atoms with Crippen LogP contribution < -0.4 is 0 Å². The fraction of sp³-hybridized carbons (Fsp3) is 0.381. The van der Waals surface area contributed by atoms with Gasteiger partial charge in [0.25, 0.3) is 0 Å². The molecule has 0 amide bonds. The van der Waals surface area contributed by atoms with Crippen LogP contribution in [-0.4, -0.2) is 6.21 Å². The van der Waals surface area contributed by atoms with E-state index in [0.29, 0.717) is 0 Å². The molecule has 22 heavy (non-hydrogen) atoms. The molecule has 0 heterocycles. The normalized spacial score (nSPS) is 18.9. The molecule has 0 atom stereocenters. The maximum Gasteiger partial charge on any atom is 0.0260 e. The van der Waals surface area contributed by atoms with Gasteiger partial charge in [0.15, 0.2) is 0 Å². The van der Waals surface area contributed by atoms with Gasteiger partial charge in [-0.1, -0.05) is 61.4 Å². The third-order valence-corrected chi connectivity index (χ3v) is 5.51. The van der Waals surface area contributed by atoms with Crippen LogP contribution in [0.5, 0.6) is 0 Å². The third kappa shape index (κ3) is 2.20. The first-order valence-corrected chi connectivity index (χ1v) is 8.49. The van der Waals surface area contributed by atoms with Gasteiger partial charge in [0.05, 0.1) is 0 Å². The van der Waals surface area contributed by atoms with Crippen LogP contribution in [0.3, 0.4) is 0 Å². The van der Waals surface area contributed by atoms with Gasteiger partial charge < -0.3 is 5.41 Å². The summed E-state index contributed by atoms with van der Waals surface area (Å²) in [6.45, 7) is 0. The van der Waals surface area contributed by atoms with Crippen molar-refractivity contribution in [3.63, 3.8) is 0 Å². The molecule has 2 aliphatic carbocycles. The molecular formula is C21H23N. The Morgan fingerprint density at radius 3 is 1.95 bits per heavy atom. The number of hydrogen-bond acceptors (Lipinski definition) is 1. The van der Waals surface area contributed by atoms with Gasteiger partial charge in [-0.25, -0.2) is 0 Å². The largest absolute Gasteiger partial charge is 0.313 e. The molecule has 0 radical (unpaired) electrons. The number of benzene rings is 2. The van der Waals surface area contributed by atoms with E-state index >= 15 is 0 Å². The molecule has 2 aliphatic rings. The second-order valence-electron chi connectivity index (χ2n) is 6.95. The highest BCUT2D eigenvalue weighted by Gasteiger charge is 2.42. The predicted octanol–water partition coefficient (Wildman–Crippen LogP) is 4.91. The second kappa shape index (κ2) is 5.39. The van der Waals surface area contributed by atoms with Crippen LogP contribution in [0.1, 0.15) is 47.9 Å². The van der Waals surface area contributed by atoms with Gasteiger partial charge in [-0.2, -0.15) is 0 Å². The van der Waals surface area contributed by atoms with Crippen LogP contribution in [-0.2, 0) is 18.3 Å². The maximum atomic E-state index is 7.86. The average molecular weight is 289 g/mol. The lowest BCUT2D eigenvalue weighted by atomic mass is 9.67. The number of rotatable bonds is 4. The van der Waals surface area contributed by atoms with Crippen LogP contribution >= 0.6 is 0 Å². The summed E-state index contributed by atoms with van der Waals surface area (Å²) in [5.41, 5.74) is 5.96. The molecule has 1 nitrogen and oxygen atoms in total. The second-order valence-corrected chi connectivity index (χ2v) is 6.95. The fourth-order valence-corrected chi connectivity index (χ4v) is 4.34. The monoisotopic (exact) mass is 289 g/mol. The Kier molecular flexibility index (Phi) is 3.37. The van der Waals surface area contributed by atoms with E-state index in [1.165, 1.54) is 41.5 Å². The van der Waals surface area contributed by atoms with Gasteiger partial charge in [-0.15, -0.1) is 0 Å². The predicted molar refractivity (Wildman–Crippen MR) is 91.8 cm³/mol. The summed E-state index contributed by atoms with van der Waals surface area (Å²) in [4.78, 5) is 0. The van der Waals surface area contributed by atoms with Crippen LogP contribution in [0.25, 0.3) is 0 Å². The highest BCUT2D eigenvalue weighted by molar-refractivity contribution is 5.62. The number of fused-ring (bicyclic) bond motifs is 2. The first-order valence-electron chi connectivity index (χ1n) is 8.49. The molecule has 0 saturated heterocycles. The van der Waals surface area contributed by atoms with Gasteiger partial charge in [0, 0.05) is 5.41 Å². The zero-order valence-electron chi connectivity index (χ0n) is 13.0. The minimum absolute atomic E-state index is 0.0204. The molecule has 0 aliphatic heterocycles. The molecule has 1 heteroatoms. The summed E-state index contributed by atoms with van der Waals surface area (Å²) in [5.74, 6) is 0.846. The van der Waals surface area contributed by atoms with E-state index in [9.17, 15) is 0 Å². The van der Waals surface area contributed by atoms with Crippen LogP contribution in [0.4, 0.5) is 0 Å². The Bertz CT molecular complexity index is 649. The van der Waals surface area contributed by atoms with E-state index in [1.54, 1.807) is 6.21 Å². The molecule has 0 bridgehead atoms. The van der Waals surface area contributed by atoms with Gasteiger partial charge in [0.2, 0.25) is 0 Å². The van der Waals surface area contributed by atoms with E-state index in [1.807, 2.05) is 0 Å². The van der Waals surface area contributed by atoms with Crippen molar-refractivity contribution in [3.05, 3.63) is 70.8 Å². The van der Waals surface area contributed by atoms with E-state index in [0.717, 1.165) is 25.2 Å². The lowest BCUT2D eigenvalue weighted by Crippen LogP contribution is -2.30. The summed E-state index contributed by atoms with van der Waals surface area (Å²) in [5, 5.41) is 7.86. The average Bonchev–Trinajstić information content (AvgIpc) is 3.37. The van der Waals surface area contributed by atoms with E-state index in [4.69, 9.17) is 5.41 Å². The quantitative estimate of drug-likeness (QED) is 0.773. The number of hydrogen-bond donors (Lipinski definition) is 1.